The number of halogens is 2. The van der Waals surface area contributed by atoms with Gasteiger partial charge in [0.05, 0.1) is 10.4 Å². The standard InChI is InChI=1S/C12H14Cl2N2O/c13-8-5-6-11(15-7-8)12(17)16-10-4-2-1-3-9(10)14/h5-7,9-10H,1-4H2,(H,16,17). The summed E-state index contributed by atoms with van der Waals surface area (Å²) >= 11 is 11.9. The molecular formula is C12H14Cl2N2O. The van der Waals surface area contributed by atoms with Crippen molar-refractivity contribution >= 4 is 29.1 Å². The minimum atomic E-state index is -0.181. The molecule has 2 unspecified atom stereocenters. The number of pyridine rings is 1. The lowest BCUT2D eigenvalue weighted by Gasteiger charge is -2.27. The molecule has 0 radical (unpaired) electrons. The van der Waals surface area contributed by atoms with Gasteiger partial charge in [0, 0.05) is 12.2 Å². The fourth-order valence-corrected chi connectivity index (χ4v) is 2.46. The topological polar surface area (TPSA) is 42.0 Å². The average molecular weight is 273 g/mol. The minimum Gasteiger partial charge on any atom is -0.346 e. The Bertz CT molecular complexity index is 394. The highest BCUT2D eigenvalue weighted by Crippen LogP contribution is 2.23. The van der Waals surface area contributed by atoms with Gasteiger partial charge in [-0.2, -0.15) is 0 Å². The summed E-state index contributed by atoms with van der Waals surface area (Å²) < 4.78 is 0. The average Bonchev–Trinajstić information content (AvgIpc) is 2.33. The van der Waals surface area contributed by atoms with Gasteiger partial charge in [-0.3, -0.25) is 4.79 Å². The van der Waals surface area contributed by atoms with E-state index in [1.165, 1.54) is 6.20 Å². The van der Waals surface area contributed by atoms with Gasteiger partial charge >= 0.3 is 0 Å². The Balaban J connectivity index is 1.98. The predicted octanol–water partition coefficient (Wildman–Crippen LogP) is 3.01. The first-order valence-electron chi connectivity index (χ1n) is 5.73. The molecule has 1 saturated carbocycles. The number of carbonyl (C=O) groups excluding carboxylic acids is 1. The Kier molecular flexibility index (Phi) is 4.24. The van der Waals surface area contributed by atoms with E-state index >= 15 is 0 Å². The van der Waals surface area contributed by atoms with Crippen LogP contribution in [0.4, 0.5) is 0 Å². The monoisotopic (exact) mass is 272 g/mol. The van der Waals surface area contributed by atoms with Gasteiger partial charge in [-0.1, -0.05) is 24.4 Å². The van der Waals surface area contributed by atoms with Crippen LogP contribution in [0.5, 0.6) is 0 Å². The van der Waals surface area contributed by atoms with Crippen LogP contribution in [-0.2, 0) is 0 Å². The van der Waals surface area contributed by atoms with Gasteiger partial charge < -0.3 is 5.32 Å². The van der Waals surface area contributed by atoms with E-state index in [-0.39, 0.29) is 17.3 Å². The first-order chi connectivity index (χ1) is 8.16. The predicted molar refractivity (Wildman–Crippen MR) is 68.6 cm³/mol. The summed E-state index contributed by atoms with van der Waals surface area (Å²) in [7, 11) is 0. The summed E-state index contributed by atoms with van der Waals surface area (Å²) in [4.78, 5) is 15.9. The molecule has 1 aliphatic rings. The highest BCUT2D eigenvalue weighted by molar-refractivity contribution is 6.30. The van der Waals surface area contributed by atoms with Crippen molar-refractivity contribution in [3.8, 4) is 0 Å². The van der Waals surface area contributed by atoms with E-state index in [4.69, 9.17) is 23.2 Å². The molecule has 0 aromatic carbocycles. The van der Waals surface area contributed by atoms with Crippen molar-refractivity contribution in [2.24, 2.45) is 0 Å². The summed E-state index contributed by atoms with van der Waals surface area (Å²) in [5.41, 5.74) is 0.379. The maximum absolute atomic E-state index is 11.9. The zero-order valence-electron chi connectivity index (χ0n) is 9.33. The van der Waals surface area contributed by atoms with Crippen molar-refractivity contribution in [1.82, 2.24) is 10.3 Å². The van der Waals surface area contributed by atoms with Gasteiger partial charge in [0.2, 0.25) is 0 Å². The lowest BCUT2D eigenvalue weighted by Crippen LogP contribution is -2.43. The summed E-state index contributed by atoms with van der Waals surface area (Å²) in [5.74, 6) is -0.181. The van der Waals surface area contributed by atoms with Crippen LogP contribution in [0.1, 0.15) is 36.2 Å². The van der Waals surface area contributed by atoms with Crippen molar-refractivity contribution in [2.75, 3.05) is 0 Å². The Morgan fingerprint density at radius 3 is 2.76 bits per heavy atom. The minimum absolute atomic E-state index is 0.0278. The maximum atomic E-state index is 11.9. The molecule has 1 N–H and O–H groups in total. The van der Waals surface area contributed by atoms with E-state index in [1.54, 1.807) is 12.1 Å². The lowest BCUT2D eigenvalue weighted by atomic mass is 9.95. The molecule has 1 aliphatic carbocycles. The molecule has 1 aromatic rings. The molecule has 0 spiro atoms. The second-order valence-corrected chi connectivity index (χ2v) is 5.24. The number of aromatic nitrogens is 1. The molecule has 0 aliphatic heterocycles. The van der Waals surface area contributed by atoms with Gasteiger partial charge in [-0.25, -0.2) is 4.98 Å². The molecule has 3 nitrogen and oxygen atoms in total. The molecule has 2 rings (SSSR count). The van der Waals surface area contributed by atoms with Crippen LogP contribution in [0.2, 0.25) is 5.02 Å². The second-order valence-electron chi connectivity index (χ2n) is 4.24. The summed E-state index contributed by atoms with van der Waals surface area (Å²) in [5, 5.41) is 3.48. The molecule has 5 heteroatoms. The molecule has 0 bridgehead atoms. The van der Waals surface area contributed by atoms with E-state index < -0.39 is 0 Å². The van der Waals surface area contributed by atoms with Crippen LogP contribution >= 0.6 is 23.2 Å². The Hall–Kier alpha value is -0.800. The SMILES string of the molecule is O=C(NC1CCCCC1Cl)c1ccc(Cl)cn1. The van der Waals surface area contributed by atoms with E-state index in [9.17, 15) is 4.79 Å². The number of amides is 1. The summed E-state index contributed by atoms with van der Waals surface area (Å²) in [6.07, 6.45) is 5.62. The molecule has 1 aromatic heterocycles. The smallest absolute Gasteiger partial charge is 0.270 e. The molecule has 0 saturated heterocycles. The molecule has 92 valence electrons. The van der Waals surface area contributed by atoms with Gasteiger partial charge in [0.25, 0.3) is 5.91 Å². The fourth-order valence-electron chi connectivity index (χ4n) is 2.00. The van der Waals surface area contributed by atoms with E-state index in [1.807, 2.05) is 0 Å². The first-order valence-corrected chi connectivity index (χ1v) is 6.55. The Morgan fingerprint density at radius 1 is 1.35 bits per heavy atom. The zero-order valence-corrected chi connectivity index (χ0v) is 10.8. The largest absolute Gasteiger partial charge is 0.346 e. The quantitative estimate of drug-likeness (QED) is 0.841. The van der Waals surface area contributed by atoms with E-state index in [2.05, 4.69) is 10.3 Å². The summed E-state index contributed by atoms with van der Waals surface area (Å²) in [6, 6.07) is 3.32. The third-order valence-electron chi connectivity index (χ3n) is 2.96. The number of carbonyl (C=O) groups is 1. The fraction of sp³-hybridized carbons (Fsp3) is 0.500. The van der Waals surface area contributed by atoms with Crippen LogP contribution in [0.15, 0.2) is 18.3 Å². The number of hydrogen-bond acceptors (Lipinski definition) is 2. The van der Waals surface area contributed by atoms with Crippen LogP contribution in [0.3, 0.4) is 0 Å². The van der Waals surface area contributed by atoms with Gasteiger partial charge in [0.15, 0.2) is 0 Å². The highest BCUT2D eigenvalue weighted by atomic mass is 35.5. The number of nitrogens with zero attached hydrogens (tertiary/aromatic N) is 1. The van der Waals surface area contributed by atoms with Crippen molar-refractivity contribution in [1.29, 1.82) is 0 Å². The molecule has 1 heterocycles. The van der Waals surface area contributed by atoms with E-state index in [0.717, 1.165) is 25.7 Å². The molecule has 2 atom stereocenters. The number of rotatable bonds is 2. The van der Waals surface area contributed by atoms with Crippen molar-refractivity contribution in [2.45, 2.75) is 37.1 Å². The lowest BCUT2D eigenvalue weighted by molar-refractivity contribution is 0.0923. The van der Waals surface area contributed by atoms with Crippen molar-refractivity contribution < 1.29 is 4.79 Å². The molecule has 17 heavy (non-hydrogen) atoms. The van der Waals surface area contributed by atoms with Gasteiger partial charge in [-0.05, 0) is 25.0 Å². The maximum Gasteiger partial charge on any atom is 0.270 e. The normalized spacial score (nSPS) is 24.4. The summed E-state index contributed by atoms with van der Waals surface area (Å²) in [6.45, 7) is 0. The second kappa shape index (κ2) is 5.69. The number of alkyl halides is 1. The number of hydrogen-bond donors (Lipinski definition) is 1. The number of nitrogens with one attached hydrogen (secondary N) is 1. The third kappa shape index (κ3) is 3.33. The van der Waals surface area contributed by atoms with Gasteiger partial charge in [0.1, 0.15) is 5.69 Å². The van der Waals surface area contributed by atoms with Crippen LogP contribution < -0.4 is 5.32 Å². The van der Waals surface area contributed by atoms with Crippen molar-refractivity contribution in [3.63, 3.8) is 0 Å². The van der Waals surface area contributed by atoms with E-state index in [0.29, 0.717) is 10.7 Å². The molecule has 1 amide bonds. The first kappa shape index (κ1) is 12.7. The van der Waals surface area contributed by atoms with Crippen LogP contribution in [0, 0.1) is 0 Å². The van der Waals surface area contributed by atoms with Crippen LogP contribution in [-0.4, -0.2) is 22.3 Å². The highest BCUT2D eigenvalue weighted by Gasteiger charge is 2.25. The third-order valence-corrected chi connectivity index (χ3v) is 3.70. The Labute approximate surface area is 111 Å². The van der Waals surface area contributed by atoms with Crippen molar-refractivity contribution in [3.05, 3.63) is 29.0 Å². The van der Waals surface area contributed by atoms with Gasteiger partial charge in [-0.15, -0.1) is 11.6 Å². The zero-order chi connectivity index (χ0) is 12.3. The van der Waals surface area contributed by atoms with Crippen LogP contribution in [0.25, 0.3) is 0 Å². The molecule has 1 fully saturated rings. The Morgan fingerprint density at radius 2 is 2.12 bits per heavy atom. The molecular weight excluding hydrogens is 259 g/mol.